The van der Waals surface area contributed by atoms with Crippen molar-refractivity contribution in [3.05, 3.63) is 77.5 Å². The number of aromatic nitrogens is 1. The summed E-state index contributed by atoms with van der Waals surface area (Å²) in [7, 11) is 1.52. The quantitative estimate of drug-likeness (QED) is 0.508. The Labute approximate surface area is 181 Å². The first kappa shape index (κ1) is 22.6. The van der Waals surface area contributed by atoms with Crippen molar-refractivity contribution < 1.29 is 27.5 Å². The number of primary amides is 1. The number of hydrogen-bond donors (Lipinski definition) is 3. The van der Waals surface area contributed by atoms with Gasteiger partial charge < -0.3 is 21.1 Å². The third-order valence-electron chi connectivity index (χ3n) is 4.46. The number of nitrogens with zero attached hydrogens (tertiary/aromatic N) is 1. The van der Waals surface area contributed by atoms with E-state index in [9.17, 15) is 22.8 Å². The summed E-state index contributed by atoms with van der Waals surface area (Å²) in [4.78, 5) is 27.7. The summed E-state index contributed by atoms with van der Waals surface area (Å²) in [6.45, 7) is 0. The maximum absolute atomic E-state index is 13.5. The molecule has 7 nitrogen and oxygen atoms in total. The molecule has 0 aliphatic heterocycles. The van der Waals surface area contributed by atoms with Crippen molar-refractivity contribution >= 4 is 29.0 Å². The summed E-state index contributed by atoms with van der Waals surface area (Å²) in [5.74, 6) is -0.726. The van der Waals surface area contributed by atoms with Crippen molar-refractivity contribution in [2.24, 2.45) is 5.73 Å². The molecular formula is C22H19F3N4O3. The van der Waals surface area contributed by atoms with Crippen LogP contribution in [0.15, 0.2) is 60.8 Å². The topological polar surface area (TPSA) is 106 Å². The maximum Gasteiger partial charge on any atom is 0.419 e. The number of amides is 2. The van der Waals surface area contributed by atoms with Gasteiger partial charge in [0, 0.05) is 12.3 Å². The number of alkyl halides is 3. The Balaban J connectivity index is 1.85. The van der Waals surface area contributed by atoms with Crippen molar-refractivity contribution in [3.63, 3.8) is 0 Å². The zero-order chi connectivity index (χ0) is 23.3. The molecular weight excluding hydrogens is 425 g/mol. The lowest BCUT2D eigenvalue weighted by molar-refractivity contribution is -0.137. The fraction of sp³-hybridized carbons (Fsp3) is 0.136. The van der Waals surface area contributed by atoms with Gasteiger partial charge in [0.1, 0.15) is 11.6 Å². The van der Waals surface area contributed by atoms with Gasteiger partial charge in [0.15, 0.2) is 0 Å². The third-order valence-corrected chi connectivity index (χ3v) is 4.46. The summed E-state index contributed by atoms with van der Waals surface area (Å²) in [5, 5.41) is 5.06. The highest BCUT2D eigenvalue weighted by Gasteiger charge is 2.34. The van der Waals surface area contributed by atoms with Gasteiger partial charge in [-0.2, -0.15) is 13.2 Å². The molecule has 3 aromatic rings. The van der Waals surface area contributed by atoms with Gasteiger partial charge in [-0.05, 0) is 29.8 Å². The molecule has 2 aromatic carbocycles. The van der Waals surface area contributed by atoms with Gasteiger partial charge in [0.25, 0.3) is 5.91 Å². The van der Waals surface area contributed by atoms with E-state index in [1.165, 1.54) is 25.3 Å². The van der Waals surface area contributed by atoms with Crippen LogP contribution in [0.25, 0.3) is 0 Å². The monoisotopic (exact) mass is 444 g/mol. The van der Waals surface area contributed by atoms with Crippen molar-refractivity contribution in [2.75, 3.05) is 17.7 Å². The van der Waals surface area contributed by atoms with E-state index in [4.69, 9.17) is 10.5 Å². The van der Waals surface area contributed by atoms with Crippen LogP contribution in [0.1, 0.15) is 21.5 Å². The maximum atomic E-state index is 13.5. The molecule has 0 fully saturated rings. The standard InChI is InChI=1S/C22H19F3N4O3/c1-32-14-8-6-13(7-9-14)10-20(30)29-19-11-18(16(12-27-19)22(23,24)25)28-17-5-3-2-4-15(17)21(26)31/h2-9,11-12H,10H2,1H3,(H2,26,31)(H2,27,28,29,30). The zero-order valence-corrected chi connectivity index (χ0v) is 16.9. The molecule has 1 aromatic heterocycles. The van der Waals surface area contributed by atoms with Crippen molar-refractivity contribution in [3.8, 4) is 5.75 Å². The van der Waals surface area contributed by atoms with E-state index in [0.29, 0.717) is 17.5 Å². The van der Waals surface area contributed by atoms with E-state index in [1.807, 2.05) is 0 Å². The average Bonchev–Trinajstić information content (AvgIpc) is 2.74. The number of nitrogens with two attached hydrogens (primary N) is 1. The van der Waals surface area contributed by atoms with Gasteiger partial charge in [-0.25, -0.2) is 4.98 Å². The first-order chi connectivity index (χ1) is 15.2. The van der Waals surface area contributed by atoms with Crippen LogP contribution in [-0.2, 0) is 17.4 Å². The lowest BCUT2D eigenvalue weighted by atomic mass is 10.1. The first-order valence-electron chi connectivity index (χ1n) is 9.33. The summed E-state index contributed by atoms with van der Waals surface area (Å²) in [5.41, 5.74) is 4.64. The van der Waals surface area contributed by atoms with Crippen molar-refractivity contribution in [2.45, 2.75) is 12.6 Å². The van der Waals surface area contributed by atoms with Crippen LogP contribution in [-0.4, -0.2) is 23.9 Å². The fourth-order valence-corrected chi connectivity index (χ4v) is 2.92. The van der Waals surface area contributed by atoms with E-state index in [1.54, 1.807) is 30.3 Å². The molecule has 0 saturated carbocycles. The molecule has 0 unspecified atom stereocenters. The van der Waals surface area contributed by atoms with Crippen LogP contribution < -0.4 is 21.1 Å². The Morgan fingerprint density at radius 3 is 2.38 bits per heavy atom. The van der Waals surface area contributed by atoms with Crippen LogP contribution in [0, 0.1) is 0 Å². The second-order valence-corrected chi connectivity index (χ2v) is 6.72. The zero-order valence-electron chi connectivity index (χ0n) is 16.9. The number of methoxy groups -OCH3 is 1. The molecule has 0 aliphatic carbocycles. The van der Waals surface area contributed by atoms with Gasteiger partial charge in [0.05, 0.1) is 36.0 Å². The number of para-hydroxylation sites is 1. The highest BCUT2D eigenvalue weighted by molar-refractivity contribution is 5.99. The number of halogens is 3. The van der Waals surface area contributed by atoms with Gasteiger partial charge in [-0.15, -0.1) is 0 Å². The minimum Gasteiger partial charge on any atom is -0.497 e. The molecule has 0 bridgehead atoms. The lowest BCUT2D eigenvalue weighted by Crippen LogP contribution is -2.17. The van der Waals surface area contributed by atoms with Crippen molar-refractivity contribution in [1.82, 2.24) is 4.98 Å². The van der Waals surface area contributed by atoms with Crippen LogP contribution in [0.3, 0.4) is 0 Å². The second kappa shape index (κ2) is 9.38. The van der Waals surface area contributed by atoms with Crippen LogP contribution in [0.5, 0.6) is 5.75 Å². The number of rotatable bonds is 7. The van der Waals surface area contributed by atoms with E-state index < -0.39 is 23.6 Å². The SMILES string of the molecule is COc1ccc(CC(=O)Nc2cc(Nc3ccccc3C(N)=O)c(C(F)(F)F)cn2)cc1. The van der Waals surface area contributed by atoms with Crippen LogP contribution >= 0.6 is 0 Å². The van der Waals surface area contributed by atoms with E-state index in [0.717, 1.165) is 6.07 Å². The molecule has 2 amide bonds. The number of benzene rings is 2. The third kappa shape index (κ3) is 5.54. The molecule has 3 rings (SSSR count). The molecule has 0 aliphatic rings. The molecule has 0 atom stereocenters. The minimum atomic E-state index is -4.72. The number of anilines is 3. The Hall–Kier alpha value is -4.08. The average molecular weight is 444 g/mol. The Morgan fingerprint density at radius 2 is 1.75 bits per heavy atom. The Kier molecular flexibility index (Phi) is 6.62. The number of carbonyl (C=O) groups excluding carboxylic acids is 2. The normalized spacial score (nSPS) is 11.0. The molecule has 0 spiro atoms. The van der Waals surface area contributed by atoms with Crippen molar-refractivity contribution in [1.29, 1.82) is 0 Å². The van der Waals surface area contributed by atoms with E-state index in [2.05, 4.69) is 15.6 Å². The summed E-state index contributed by atoms with van der Waals surface area (Å²) < 4.78 is 45.5. The fourth-order valence-electron chi connectivity index (χ4n) is 2.92. The first-order valence-corrected chi connectivity index (χ1v) is 9.33. The molecule has 4 N–H and O–H groups in total. The summed E-state index contributed by atoms with van der Waals surface area (Å²) in [6.07, 6.45) is -4.12. The highest BCUT2D eigenvalue weighted by atomic mass is 19.4. The van der Waals surface area contributed by atoms with Gasteiger partial charge in [-0.3, -0.25) is 9.59 Å². The number of carbonyl (C=O) groups is 2. The number of nitrogens with one attached hydrogen (secondary N) is 2. The van der Waals surface area contributed by atoms with Crippen LogP contribution in [0.2, 0.25) is 0 Å². The number of pyridine rings is 1. The van der Waals surface area contributed by atoms with Gasteiger partial charge in [-0.1, -0.05) is 24.3 Å². The predicted molar refractivity (Wildman–Crippen MR) is 113 cm³/mol. The van der Waals surface area contributed by atoms with Gasteiger partial charge >= 0.3 is 6.18 Å². The molecule has 0 radical (unpaired) electrons. The molecule has 32 heavy (non-hydrogen) atoms. The summed E-state index contributed by atoms with van der Waals surface area (Å²) >= 11 is 0. The molecule has 166 valence electrons. The minimum absolute atomic E-state index is 0.0139. The molecule has 0 saturated heterocycles. The molecule has 1 heterocycles. The predicted octanol–water partition coefficient (Wildman–Crippen LogP) is 4.13. The smallest absolute Gasteiger partial charge is 0.419 e. The van der Waals surface area contributed by atoms with E-state index in [-0.39, 0.29) is 29.2 Å². The van der Waals surface area contributed by atoms with E-state index >= 15 is 0 Å². The highest BCUT2D eigenvalue weighted by Crippen LogP contribution is 2.37. The summed E-state index contributed by atoms with van der Waals surface area (Å²) in [6, 6.07) is 13.7. The number of ether oxygens (including phenoxy) is 1. The molecule has 10 heteroatoms. The lowest BCUT2D eigenvalue weighted by Gasteiger charge is -2.17. The van der Waals surface area contributed by atoms with Crippen LogP contribution in [0.4, 0.5) is 30.4 Å². The second-order valence-electron chi connectivity index (χ2n) is 6.72. The largest absolute Gasteiger partial charge is 0.497 e. The Bertz CT molecular complexity index is 1130. The van der Waals surface area contributed by atoms with Gasteiger partial charge in [0.2, 0.25) is 5.91 Å². The number of hydrogen-bond acceptors (Lipinski definition) is 5. The Morgan fingerprint density at radius 1 is 1.06 bits per heavy atom.